The molecule has 1 aromatic rings. The third kappa shape index (κ3) is 2.11. The summed E-state index contributed by atoms with van der Waals surface area (Å²) in [7, 11) is 0. The Labute approximate surface area is 144 Å². The van der Waals surface area contributed by atoms with Crippen LogP contribution in [-0.2, 0) is 17.8 Å². The van der Waals surface area contributed by atoms with Gasteiger partial charge in [-0.05, 0) is 70.1 Å². The molecule has 4 bridgehead atoms. The van der Waals surface area contributed by atoms with E-state index in [2.05, 4.69) is 28.3 Å². The molecule has 6 rings (SSSR count). The predicted octanol–water partition coefficient (Wildman–Crippen LogP) is 3.57. The summed E-state index contributed by atoms with van der Waals surface area (Å²) >= 11 is 0. The number of hydrogen-bond donors (Lipinski definition) is 0. The van der Waals surface area contributed by atoms with E-state index in [0.29, 0.717) is 11.9 Å². The van der Waals surface area contributed by atoms with E-state index in [1.807, 2.05) is 6.33 Å². The molecule has 1 aromatic heterocycles. The second kappa shape index (κ2) is 5.09. The van der Waals surface area contributed by atoms with Gasteiger partial charge in [-0.15, -0.1) is 0 Å². The van der Waals surface area contributed by atoms with Crippen LogP contribution in [0, 0.1) is 23.2 Å². The summed E-state index contributed by atoms with van der Waals surface area (Å²) in [6.45, 7) is 6.03. The highest BCUT2D eigenvalue weighted by Gasteiger charge is 2.55. The van der Waals surface area contributed by atoms with E-state index in [4.69, 9.17) is 0 Å². The van der Waals surface area contributed by atoms with Crippen molar-refractivity contribution < 1.29 is 4.79 Å². The minimum Gasteiger partial charge on any atom is -0.336 e. The molecule has 4 saturated carbocycles. The van der Waals surface area contributed by atoms with Crippen LogP contribution in [0.4, 0.5) is 0 Å². The number of nitrogens with zero attached hydrogens (tertiary/aromatic N) is 3. The molecule has 24 heavy (non-hydrogen) atoms. The average Bonchev–Trinajstić information content (AvgIpc) is 2.96. The first-order valence-corrected chi connectivity index (χ1v) is 9.88. The second-order valence-electron chi connectivity index (χ2n) is 9.31. The van der Waals surface area contributed by atoms with Gasteiger partial charge in [0, 0.05) is 19.0 Å². The number of hydrogen-bond acceptors (Lipinski definition) is 2. The highest BCUT2D eigenvalue weighted by Crippen LogP contribution is 2.60. The molecule has 4 heteroatoms. The van der Waals surface area contributed by atoms with Crippen molar-refractivity contribution in [2.45, 2.75) is 71.4 Å². The summed E-state index contributed by atoms with van der Waals surface area (Å²) in [6, 6.07) is 0.413. The number of aromatic nitrogens is 2. The molecule has 0 N–H and O–H groups in total. The van der Waals surface area contributed by atoms with Gasteiger partial charge in [0.1, 0.15) is 0 Å². The Morgan fingerprint density at radius 1 is 1.17 bits per heavy atom. The first-order valence-electron chi connectivity index (χ1n) is 9.88. The smallest absolute Gasteiger partial charge is 0.229 e. The Kier molecular flexibility index (Phi) is 3.18. The normalized spacial score (nSPS) is 37.1. The van der Waals surface area contributed by atoms with Crippen molar-refractivity contribution in [2.75, 3.05) is 6.54 Å². The van der Waals surface area contributed by atoms with Gasteiger partial charge in [0.2, 0.25) is 5.91 Å². The van der Waals surface area contributed by atoms with Crippen LogP contribution in [0.25, 0.3) is 0 Å². The molecule has 4 fully saturated rings. The topological polar surface area (TPSA) is 38.1 Å². The Morgan fingerprint density at radius 3 is 2.38 bits per heavy atom. The van der Waals surface area contributed by atoms with Crippen molar-refractivity contribution in [1.29, 1.82) is 0 Å². The number of carbonyl (C=O) groups is 1. The van der Waals surface area contributed by atoms with Crippen LogP contribution >= 0.6 is 0 Å². The van der Waals surface area contributed by atoms with Crippen molar-refractivity contribution in [1.82, 2.24) is 14.5 Å². The van der Waals surface area contributed by atoms with Gasteiger partial charge in [-0.3, -0.25) is 4.79 Å². The standard InChI is InChI=1S/C20H29N3O/c1-13(2)23-12-21-17-3-4-22(11-18(17)23)19(24)20-8-14-5-15(9-20)7-16(6-14)10-20/h12-16H,3-11H2,1-2H3. The first kappa shape index (κ1) is 15.0. The molecule has 4 nitrogen and oxygen atoms in total. The molecule has 0 atom stereocenters. The van der Waals surface area contributed by atoms with Crippen LogP contribution < -0.4 is 0 Å². The molecule has 0 aromatic carbocycles. The lowest BCUT2D eigenvalue weighted by Crippen LogP contribution is -2.55. The summed E-state index contributed by atoms with van der Waals surface area (Å²) in [5, 5.41) is 0. The number of rotatable bonds is 2. The molecule has 1 aliphatic heterocycles. The minimum atomic E-state index is -0.00502. The zero-order chi connectivity index (χ0) is 16.5. The van der Waals surface area contributed by atoms with Crippen LogP contribution in [-0.4, -0.2) is 26.9 Å². The van der Waals surface area contributed by atoms with Crippen LogP contribution in [0.5, 0.6) is 0 Å². The summed E-state index contributed by atoms with van der Waals surface area (Å²) in [6.07, 6.45) is 10.6. The molecular formula is C20H29N3O. The van der Waals surface area contributed by atoms with Gasteiger partial charge in [-0.25, -0.2) is 4.98 Å². The van der Waals surface area contributed by atoms with Gasteiger partial charge in [-0.2, -0.15) is 0 Å². The Bertz CT molecular complexity index is 639. The fourth-order valence-electron chi connectivity index (χ4n) is 6.63. The van der Waals surface area contributed by atoms with Gasteiger partial charge < -0.3 is 9.47 Å². The zero-order valence-corrected chi connectivity index (χ0v) is 15.0. The van der Waals surface area contributed by atoms with Gasteiger partial charge in [0.15, 0.2) is 0 Å². The highest BCUT2D eigenvalue weighted by molar-refractivity contribution is 5.83. The summed E-state index contributed by atoms with van der Waals surface area (Å²) in [4.78, 5) is 20.3. The van der Waals surface area contributed by atoms with Crippen LogP contribution in [0.1, 0.15) is 69.8 Å². The van der Waals surface area contributed by atoms with Gasteiger partial charge in [0.25, 0.3) is 0 Å². The Balaban J connectivity index is 1.41. The Hall–Kier alpha value is -1.32. The van der Waals surface area contributed by atoms with E-state index in [0.717, 1.165) is 37.3 Å². The van der Waals surface area contributed by atoms with Gasteiger partial charge in [0.05, 0.1) is 29.7 Å². The summed E-state index contributed by atoms with van der Waals surface area (Å²) in [5.74, 6) is 2.98. The lowest BCUT2D eigenvalue weighted by molar-refractivity contribution is -0.158. The van der Waals surface area contributed by atoms with Crippen molar-refractivity contribution >= 4 is 5.91 Å². The zero-order valence-electron chi connectivity index (χ0n) is 15.0. The Morgan fingerprint density at radius 2 is 1.79 bits per heavy atom. The average molecular weight is 327 g/mol. The van der Waals surface area contributed by atoms with Crippen LogP contribution in [0.2, 0.25) is 0 Å². The maximum Gasteiger partial charge on any atom is 0.229 e. The summed E-state index contributed by atoms with van der Waals surface area (Å²) < 4.78 is 2.26. The molecule has 5 aliphatic rings. The maximum absolute atomic E-state index is 13.6. The van der Waals surface area contributed by atoms with Gasteiger partial charge in [-0.1, -0.05) is 0 Å². The molecule has 0 radical (unpaired) electrons. The number of carbonyl (C=O) groups excluding carboxylic acids is 1. The van der Waals surface area contributed by atoms with E-state index in [1.165, 1.54) is 49.9 Å². The van der Waals surface area contributed by atoms with E-state index < -0.39 is 0 Å². The van der Waals surface area contributed by atoms with Crippen molar-refractivity contribution in [3.8, 4) is 0 Å². The fourth-order valence-corrected chi connectivity index (χ4v) is 6.63. The third-order valence-electron chi connectivity index (χ3n) is 7.28. The number of imidazole rings is 1. The lowest BCUT2D eigenvalue weighted by atomic mass is 9.49. The van der Waals surface area contributed by atoms with Crippen molar-refractivity contribution in [2.24, 2.45) is 23.2 Å². The predicted molar refractivity (Wildman–Crippen MR) is 92.3 cm³/mol. The fraction of sp³-hybridized carbons (Fsp3) is 0.800. The molecule has 4 aliphatic carbocycles. The molecule has 0 saturated heterocycles. The molecular weight excluding hydrogens is 298 g/mol. The highest BCUT2D eigenvalue weighted by atomic mass is 16.2. The molecule has 1 amide bonds. The SMILES string of the molecule is CC(C)n1cnc2c1CN(C(=O)C13CC4CC(CC(C4)C1)C3)CC2. The molecule has 130 valence electrons. The molecule has 2 heterocycles. The number of fused-ring (bicyclic) bond motifs is 1. The van der Waals surface area contributed by atoms with Crippen LogP contribution in [0.15, 0.2) is 6.33 Å². The largest absolute Gasteiger partial charge is 0.336 e. The van der Waals surface area contributed by atoms with Crippen molar-refractivity contribution in [3.63, 3.8) is 0 Å². The second-order valence-corrected chi connectivity index (χ2v) is 9.31. The minimum absolute atomic E-state index is 0.00502. The third-order valence-corrected chi connectivity index (χ3v) is 7.28. The quantitative estimate of drug-likeness (QED) is 0.833. The monoisotopic (exact) mass is 327 g/mol. The van der Waals surface area contributed by atoms with Crippen molar-refractivity contribution in [3.05, 3.63) is 17.7 Å². The van der Waals surface area contributed by atoms with E-state index in [-0.39, 0.29) is 5.41 Å². The first-order chi connectivity index (χ1) is 11.5. The summed E-state index contributed by atoms with van der Waals surface area (Å²) in [5.41, 5.74) is 2.47. The van der Waals surface area contributed by atoms with E-state index in [1.54, 1.807) is 0 Å². The molecule has 0 spiro atoms. The maximum atomic E-state index is 13.6. The van der Waals surface area contributed by atoms with Gasteiger partial charge >= 0.3 is 0 Å². The number of amides is 1. The molecule has 0 unspecified atom stereocenters. The van der Waals surface area contributed by atoms with E-state index >= 15 is 0 Å². The lowest BCUT2D eigenvalue weighted by Gasteiger charge is -2.56. The van der Waals surface area contributed by atoms with E-state index in [9.17, 15) is 4.79 Å². The van der Waals surface area contributed by atoms with Crippen LogP contribution in [0.3, 0.4) is 0 Å².